The third-order valence-corrected chi connectivity index (χ3v) is 6.97. The highest BCUT2D eigenvalue weighted by atomic mass is 16.5. The molecule has 1 atom stereocenters. The molecule has 3 aromatic rings. The maximum Gasteiger partial charge on any atom is 0.179 e. The molecule has 1 aliphatic heterocycles. The van der Waals surface area contributed by atoms with Crippen LogP contribution in [0.25, 0.3) is 10.8 Å². The van der Waals surface area contributed by atoms with Gasteiger partial charge < -0.3 is 4.74 Å². The largest absolute Gasteiger partial charge is 0.496 e. The molecule has 1 fully saturated rings. The summed E-state index contributed by atoms with van der Waals surface area (Å²) in [5.74, 6) is 1.14. The highest BCUT2D eigenvalue weighted by Gasteiger charge is 2.29. The van der Waals surface area contributed by atoms with Gasteiger partial charge in [0.05, 0.1) is 13.2 Å². The Morgan fingerprint density at radius 2 is 1.76 bits per heavy atom. The first-order chi connectivity index (χ1) is 16.1. The van der Waals surface area contributed by atoms with Crippen LogP contribution in [-0.4, -0.2) is 54.9 Å². The maximum absolute atomic E-state index is 13.7. The molecular weight excluding hydrogens is 408 g/mol. The second-order valence-electron chi connectivity index (χ2n) is 9.15. The fraction of sp³-hybridized carbons (Fsp3) is 0.414. The van der Waals surface area contributed by atoms with Gasteiger partial charge in [0, 0.05) is 38.3 Å². The first-order valence-corrected chi connectivity index (χ1v) is 12.2. The molecule has 0 radical (unpaired) electrons. The molecule has 1 aliphatic rings. The van der Waals surface area contributed by atoms with Gasteiger partial charge in [-0.15, -0.1) is 0 Å². The van der Waals surface area contributed by atoms with Crippen molar-refractivity contribution in [2.45, 2.75) is 45.7 Å². The Bertz CT molecular complexity index is 1070. The predicted molar refractivity (Wildman–Crippen MR) is 136 cm³/mol. The van der Waals surface area contributed by atoms with Crippen molar-refractivity contribution in [3.63, 3.8) is 0 Å². The van der Waals surface area contributed by atoms with E-state index in [9.17, 15) is 4.79 Å². The first-order valence-electron chi connectivity index (χ1n) is 12.2. The van der Waals surface area contributed by atoms with Gasteiger partial charge in [0.15, 0.2) is 5.78 Å². The number of carbonyl (C=O) groups is 1. The maximum atomic E-state index is 13.7. The van der Waals surface area contributed by atoms with Crippen LogP contribution >= 0.6 is 0 Å². The number of hydrogen-bond acceptors (Lipinski definition) is 4. The minimum atomic E-state index is -0.0411. The minimum absolute atomic E-state index is 0.0411. The number of rotatable bonds is 9. The smallest absolute Gasteiger partial charge is 0.179 e. The van der Waals surface area contributed by atoms with Crippen LogP contribution in [0.1, 0.15) is 47.7 Å². The zero-order valence-corrected chi connectivity index (χ0v) is 20.2. The molecule has 0 amide bonds. The molecule has 4 heteroatoms. The Balaban J connectivity index is 1.48. The van der Waals surface area contributed by atoms with Crippen LogP contribution in [-0.2, 0) is 6.54 Å². The van der Waals surface area contributed by atoms with E-state index < -0.39 is 0 Å². The highest BCUT2D eigenvalue weighted by molar-refractivity contribution is 6.03. The van der Waals surface area contributed by atoms with Crippen LogP contribution in [0.4, 0.5) is 0 Å². The number of methoxy groups -OCH3 is 1. The fourth-order valence-electron chi connectivity index (χ4n) is 4.98. The molecule has 33 heavy (non-hydrogen) atoms. The summed E-state index contributed by atoms with van der Waals surface area (Å²) in [5, 5.41) is 2.24. The van der Waals surface area contributed by atoms with Crippen LogP contribution in [0.2, 0.25) is 0 Å². The number of ether oxygens (including phenoxy) is 1. The van der Waals surface area contributed by atoms with Crippen molar-refractivity contribution in [2.24, 2.45) is 0 Å². The summed E-state index contributed by atoms with van der Waals surface area (Å²) in [6, 6.07) is 20.8. The molecule has 1 saturated heterocycles. The molecule has 0 bridgehead atoms. The average molecular weight is 445 g/mol. The van der Waals surface area contributed by atoms with Gasteiger partial charge in [-0.25, -0.2) is 0 Å². The number of carbonyl (C=O) groups excluding carboxylic acids is 1. The van der Waals surface area contributed by atoms with Crippen molar-refractivity contribution in [2.75, 3.05) is 33.3 Å². The van der Waals surface area contributed by atoms with Crippen LogP contribution in [0.3, 0.4) is 0 Å². The SMILES string of the molecule is CCCCC(C(=O)c1ccc2c(C)c(OC)ccc2c1)N1CCN(Cc2ccccc2)CC1. The molecule has 0 aliphatic carbocycles. The van der Waals surface area contributed by atoms with Crippen LogP contribution < -0.4 is 4.74 Å². The number of ketones is 1. The van der Waals surface area contributed by atoms with Gasteiger partial charge in [0.2, 0.25) is 0 Å². The normalized spacial score (nSPS) is 16.1. The van der Waals surface area contributed by atoms with E-state index >= 15 is 0 Å². The number of aryl methyl sites for hydroxylation is 1. The number of piperazine rings is 1. The molecule has 0 aromatic heterocycles. The highest BCUT2D eigenvalue weighted by Crippen LogP contribution is 2.29. The molecule has 1 heterocycles. The van der Waals surface area contributed by atoms with E-state index in [0.717, 1.165) is 79.6 Å². The molecule has 4 rings (SSSR count). The van der Waals surface area contributed by atoms with Crippen LogP contribution in [0.15, 0.2) is 60.7 Å². The molecule has 174 valence electrons. The topological polar surface area (TPSA) is 32.8 Å². The van der Waals surface area contributed by atoms with E-state index in [-0.39, 0.29) is 11.8 Å². The molecule has 0 saturated carbocycles. The van der Waals surface area contributed by atoms with Crippen LogP contribution in [0.5, 0.6) is 5.75 Å². The van der Waals surface area contributed by atoms with Gasteiger partial charge in [-0.2, -0.15) is 0 Å². The van der Waals surface area contributed by atoms with E-state index in [1.807, 2.05) is 12.1 Å². The Hall–Kier alpha value is -2.69. The number of unbranched alkanes of at least 4 members (excludes halogenated alkanes) is 1. The Morgan fingerprint density at radius 1 is 1.00 bits per heavy atom. The fourth-order valence-corrected chi connectivity index (χ4v) is 4.98. The van der Waals surface area contributed by atoms with Gasteiger partial charge in [-0.05, 0) is 47.4 Å². The van der Waals surface area contributed by atoms with Crippen molar-refractivity contribution in [1.29, 1.82) is 0 Å². The summed E-state index contributed by atoms with van der Waals surface area (Å²) in [7, 11) is 1.70. The molecular formula is C29H36N2O2. The zero-order valence-electron chi connectivity index (χ0n) is 20.2. The number of nitrogens with zero attached hydrogens (tertiary/aromatic N) is 2. The van der Waals surface area contributed by atoms with E-state index in [1.165, 1.54) is 5.56 Å². The summed E-state index contributed by atoms with van der Waals surface area (Å²) in [5.41, 5.74) is 3.29. The van der Waals surface area contributed by atoms with Crippen molar-refractivity contribution in [3.05, 3.63) is 77.4 Å². The molecule has 0 N–H and O–H groups in total. The van der Waals surface area contributed by atoms with Crippen LogP contribution in [0, 0.1) is 6.92 Å². The van der Waals surface area contributed by atoms with Crippen molar-refractivity contribution in [1.82, 2.24) is 9.80 Å². The standard InChI is InChI=1S/C29H36N2O2/c1-4-5-11-27(31-18-16-30(17-19-31)21-23-9-7-6-8-10-23)29(32)25-12-14-26-22(2)28(33-3)15-13-24(26)20-25/h6-10,12-15,20,27H,4-5,11,16-19,21H2,1-3H3. The van der Waals surface area contributed by atoms with Crippen molar-refractivity contribution < 1.29 is 9.53 Å². The molecule has 1 unspecified atom stereocenters. The third-order valence-electron chi connectivity index (χ3n) is 6.97. The second-order valence-corrected chi connectivity index (χ2v) is 9.15. The average Bonchev–Trinajstić information content (AvgIpc) is 2.86. The Kier molecular flexibility index (Phi) is 7.79. The summed E-state index contributed by atoms with van der Waals surface area (Å²) in [6.45, 7) is 9.14. The zero-order chi connectivity index (χ0) is 23.2. The Labute approximate surface area is 198 Å². The lowest BCUT2D eigenvalue weighted by atomic mass is 9.94. The van der Waals surface area contributed by atoms with Gasteiger partial charge >= 0.3 is 0 Å². The number of benzene rings is 3. The predicted octanol–water partition coefficient (Wildman–Crippen LogP) is 5.72. The summed E-state index contributed by atoms with van der Waals surface area (Å²) in [6.07, 6.45) is 3.10. The molecule has 0 spiro atoms. The van der Waals surface area contributed by atoms with Crippen molar-refractivity contribution >= 4 is 16.6 Å². The summed E-state index contributed by atoms with van der Waals surface area (Å²) in [4.78, 5) is 18.6. The van der Waals surface area contributed by atoms with E-state index in [4.69, 9.17) is 4.74 Å². The van der Waals surface area contributed by atoms with Crippen molar-refractivity contribution in [3.8, 4) is 5.75 Å². The lowest BCUT2D eigenvalue weighted by Gasteiger charge is -2.39. The van der Waals surface area contributed by atoms with E-state index in [2.05, 4.69) is 72.2 Å². The monoisotopic (exact) mass is 444 g/mol. The third kappa shape index (κ3) is 5.45. The Morgan fingerprint density at radius 3 is 2.45 bits per heavy atom. The number of fused-ring (bicyclic) bond motifs is 1. The van der Waals surface area contributed by atoms with E-state index in [0.29, 0.717) is 0 Å². The minimum Gasteiger partial charge on any atom is -0.496 e. The lowest BCUT2D eigenvalue weighted by Crippen LogP contribution is -2.52. The number of hydrogen-bond donors (Lipinski definition) is 0. The first kappa shape index (κ1) is 23.5. The lowest BCUT2D eigenvalue weighted by molar-refractivity contribution is 0.0628. The molecule has 3 aromatic carbocycles. The van der Waals surface area contributed by atoms with Gasteiger partial charge in [0.1, 0.15) is 5.75 Å². The summed E-state index contributed by atoms with van der Waals surface area (Å²) < 4.78 is 5.46. The second kappa shape index (κ2) is 11.0. The van der Waals surface area contributed by atoms with Gasteiger partial charge in [-0.1, -0.05) is 68.3 Å². The molecule has 4 nitrogen and oxygen atoms in total. The quantitative estimate of drug-likeness (QED) is 0.396. The van der Waals surface area contributed by atoms with Gasteiger partial charge in [0.25, 0.3) is 0 Å². The van der Waals surface area contributed by atoms with Gasteiger partial charge in [-0.3, -0.25) is 14.6 Å². The summed E-state index contributed by atoms with van der Waals surface area (Å²) >= 11 is 0. The number of Topliss-reactive ketones (excluding diaryl/α,β-unsaturated/α-hetero) is 1. The van der Waals surface area contributed by atoms with E-state index in [1.54, 1.807) is 7.11 Å².